The summed E-state index contributed by atoms with van der Waals surface area (Å²) in [5, 5.41) is 9.87. The van der Waals surface area contributed by atoms with E-state index in [-0.39, 0.29) is 0 Å². The fourth-order valence-corrected chi connectivity index (χ4v) is 2.15. The summed E-state index contributed by atoms with van der Waals surface area (Å²) < 4.78 is 0. The predicted octanol–water partition coefficient (Wildman–Crippen LogP) is 3.98. The third kappa shape index (κ3) is 3.32. The molecule has 0 unspecified atom stereocenters. The molecule has 0 atom stereocenters. The highest BCUT2D eigenvalue weighted by molar-refractivity contribution is 6.15. The van der Waals surface area contributed by atoms with Gasteiger partial charge in [-0.1, -0.05) is 61.9 Å². The van der Waals surface area contributed by atoms with Crippen LogP contribution in [0.5, 0.6) is 0 Å². The van der Waals surface area contributed by atoms with Gasteiger partial charge in [-0.05, 0) is 41.9 Å². The second-order valence-electron chi connectivity index (χ2n) is 6.45. The van der Waals surface area contributed by atoms with Crippen LogP contribution in [0, 0.1) is 0 Å². The highest BCUT2D eigenvalue weighted by Gasteiger charge is 2.21. The molecule has 1 N–H and O–H groups in total. The SMILES string of the molecule is [B]C(C)(C)c1cc(-c2ccccc2)cc(C(C)(C)O)c1. The average Bonchev–Trinajstić information content (AvgIpc) is 2.37. The molecule has 0 fully saturated rings. The van der Waals surface area contributed by atoms with E-state index < -0.39 is 10.9 Å². The Morgan fingerprint density at radius 3 is 1.85 bits per heavy atom. The lowest BCUT2D eigenvalue weighted by atomic mass is 9.66. The minimum atomic E-state index is -0.884. The zero-order valence-electron chi connectivity index (χ0n) is 12.6. The molecule has 0 aliphatic rings. The van der Waals surface area contributed by atoms with Gasteiger partial charge in [-0.15, -0.1) is 0 Å². The van der Waals surface area contributed by atoms with Crippen LogP contribution in [0.3, 0.4) is 0 Å². The second kappa shape index (κ2) is 5.10. The molecule has 0 saturated heterocycles. The first-order valence-electron chi connectivity index (χ1n) is 6.91. The monoisotopic (exact) mass is 264 g/mol. The molecular formula is C18H21BO. The lowest BCUT2D eigenvalue weighted by Gasteiger charge is -2.26. The zero-order valence-corrected chi connectivity index (χ0v) is 12.6. The molecule has 0 heterocycles. The van der Waals surface area contributed by atoms with Gasteiger partial charge in [-0.3, -0.25) is 0 Å². The standard InChI is InChI=1S/C18H21BO/c1-17(2,19)15-10-14(13-8-6-5-7-9-13)11-16(12-15)18(3,4)20/h5-12,20H,1-4H3. The topological polar surface area (TPSA) is 20.2 Å². The van der Waals surface area contributed by atoms with Crippen molar-refractivity contribution in [1.82, 2.24) is 0 Å². The van der Waals surface area contributed by atoms with E-state index in [0.717, 1.165) is 22.3 Å². The van der Waals surface area contributed by atoms with E-state index >= 15 is 0 Å². The van der Waals surface area contributed by atoms with Gasteiger partial charge in [0.25, 0.3) is 0 Å². The van der Waals surface area contributed by atoms with Gasteiger partial charge in [-0.2, -0.15) is 0 Å². The Labute approximate surface area is 123 Å². The molecule has 0 saturated carbocycles. The first kappa shape index (κ1) is 14.9. The van der Waals surface area contributed by atoms with Crippen LogP contribution in [0.4, 0.5) is 0 Å². The molecule has 0 aliphatic heterocycles. The normalized spacial score (nSPS) is 12.4. The van der Waals surface area contributed by atoms with E-state index in [1.807, 2.05) is 44.2 Å². The van der Waals surface area contributed by atoms with Crippen LogP contribution in [0.15, 0.2) is 48.5 Å². The smallest absolute Gasteiger partial charge is 0.0840 e. The van der Waals surface area contributed by atoms with Gasteiger partial charge in [0.2, 0.25) is 0 Å². The Morgan fingerprint density at radius 2 is 1.35 bits per heavy atom. The van der Waals surface area contributed by atoms with Gasteiger partial charge in [0.1, 0.15) is 0 Å². The van der Waals surface area contributed by atoms with Crippen molar-refractivity contribution in [1.29, 1.82) is 0 Å². The molecule has 0 aliphatic carbocycles. The predicted molar refractivity (Wildman–Crippen MR) is 85.9 cm³/mol. The second-order valence-corrected chi connectivity index (χ2v) is 6.45. The van der Waals surface area contributed by atoms with Gasteiger partial charge in [0, 0.05) is 0 Å². The first-order chi connectivity index (χ1) is 9.18. The van der Waals surface area contributed by atoms with Crippen molar-refractivity contribution >= 4 is 7.85 Å². The highest BCUT2D eigenvalue weighted by Crippen LogP contribution is 2.31. The van der Waals surface area contributed by atoms with Gasteiger partial charge in [-0.25, -0.2) is 0 Å². The van der Waals surface area contributed by atoms with E-state index in [2.05, 4.69) is 18.2 Å². The van der Waals surface area contributed by atoms with Crippen LogP contribution >= 0.6 is 0 Å². The lowest BCUT2D eigenvalue weighted by molar-refractivity contribution is 0.0785. The number of benzene rings is 2. The lowest BCUT2D eigenvalue weighted by Crippen LogP contribution is -2.21. The molecule has 20 heavy (non-hydrogen) atoms. The van der Waals surface area contributed by atoms with Gasteiger partial charge >= 0.3 is 0 Å². The van der Waals surface area contributed by atoms with E-state index in [9.17, 15) is 5.11 Å². The molecule has 102 valence electrons. The summed E-state index contributed by atoms with van der Waals surface area (Å²) in [7, 11) is 6.23. The van der Waals surface area contributed by atoms with Crippen molar-refractivity contribution in [3.63, 3.8) is 0 Å². The maximum absolute atomic E-state index is 10.3. The Balaban J connectivity index is 2.64. The van der Waals surface area contributed by atoms with Crippen LogP contribution in [-0.4, -0.2) is 13.0 Å². The molecule has 2 aromatic rings. The summed E-state index contributed by atoms with van der Waals surface area (Å²) in [6.45, 7) is 7.55. The quantitative estimate of drug-likeness (QED) is 0.831. The third-order valence-electron chi connectivity index (χ3n) is 3.49. The van der Waals surface area contributed by atoms with Crippen molar-refractivity contribution in [2.24, 2.45) is 0 Å². The maximum atomic E-state index is 10.3. The molecule has 0 aromatic heterocycles. The largest absolute Gasteiger partial charge is 0.386 e. The number of rotatable bonds is 3. The van der Waals surface area contributed by atoms with E-state index in [4.69, 9.17) is 7.85 Å². The fraction of sp³-hybridized carbons (Fsp3) is 0.333. The molecule has 2 radical (unpaired) electrons. The van der Waals surface area contributed by atoms with Crippen molar-refractivity contribution in [3.05, 3.63) is 59.7 Å². The summed E-state index contributed by atoms with van der Waals surface area (Å²) in [6.07, 6.45) is 0. The van der Waals surface area contributed by atoms with Crippen molar-refractivity contribution in [3.8, 4) is 11.1 Å². The molecule has 0 amide bonds. The summed E-state index contributed by atoms with van der Waals surface area (Å²) in [5.74, 6) is 0. The Kier molecular flexibility index (Phi) is 3.79. The molecule has 1 nitrogen and oxygen atoms in total. The van der Waals surface area contributed by atoms with Crippen molar-refractivity contribution < 1.29 is 5.11 Å². The minimum Gasteiger partial charge on any atom is -0.386 e. The van der Waals surface area contributed by atoms with E-state index in [1.165, 1.54) is 0 Å². The Morgan fingerprint density at radius 1 is 0.800 bits per heavy atom. The average molecular weight is 264 g/mol. The summed E-state index contributed by atoms with van der Waals surface area (Å²) in [6, 6.07) is 16.3. The summed E-state index contributed by atoms with van der Waals surface area (Å²) in [5.41, 5.74) is 3.23. The number of aliphatic hydroxyl groups is 1. The van der Waals surface area contributed by atoms with Crippen LogP contribution in [0.2, 0.25) is 0 Å². The Hall–Kier alpha value is -1.54. The number of hydrogen-bond acceptors (Lipinski definition) is 1. The zero-order chi connectivity index (χ0) is 15.0. The molecule has 2 rings (SSSR count). The first-order valence-corrected chi connectivity index (χ1v) is 6.91. The summed E-state index contributed by atoms with van der Waals surface area (Å²) >= 11 is 0. The van der Waals surface area contributed by atoms with Crippen LogP contribution in [-0.2, 0) is 10.9 Å². The van der Waals surface area contributed by atoms with Gasteiger partial charge in [0.15, 0.2) is 0 Å². The maximum Gasteiger partial charge on any atom is 0.0840 e. The third-order valence-corrected chi connectivity index (χ3v) is 3.49. The highest BCUT2D eigenvalue weighted by atomic mass is 16.3. The van der Waals surface area contributed by atoms with Crippen LogP contribution < -0.4 is 0 Å². The van der Waals surface area contributed by atoms with Gasteiger partial charge in [0.05, 0.1) is 13.4 Å². The van der Waals surface area contributed by atoms with Crippen LogP contribution in [0.25, 0.3) is 11.1 Å². The molecular weight excluding hydrogens is 243 g/mol. The fourth-order valence-electron chi connectivity index (χ4n) is 2.15. The number of hydrogen-bond donors (Lipinski definition) is 1. The van der Waals surface area contributed by atoms with Crippen molar-refractivity contribution in [2.45, 2.75) is 38.6 Å². The van der Waals surface area contributed by atoms with E-state index in [0.29, 0.717) is 0 Å². The molecule has 2 aromatic carbocycles. The summed E-state index contributed by atoms with van der Waals surface area (Å²) in [4.78, 5) is 0. The van der Waals surface area contributed by atoms with Crippen LogP contribution in [0.1, 0.15) is 38.8 Å². The van der Waals surface area contributed by atoms with Crippen molar-refractivity contribution in [2.75, 3.05) is 0 Å². The minimum absolute atomic E-state index is 0.440. The molecule has 0 bridgehead atoms. The Bertz CT molecular complexity index is 557. The van der Waals surface area contributed by atoms with Gasteiger partial charge < -0.3 is 5.11 Å². The molecule has 2 heteroatoms. The molecule has 0 spiro atoms. The van der Waals surface area contributed by atoms with E-state index in [1.54, 1.807) is 13.8 Å².